The van der Waals surface area contributed by atoms with Gasteiger partial charge in [-0.15, -0.1) is 0 Å². The maximum atomic E-state index is 12.8. The molecule has 0 aromatic heterocycles. The van der Waals surface area contributed by atoms with Crippen LogP contribution in [-0.2, 0) is 9.59 Å². The zero-order chi connectivity index (χ0) is 18.1. The Labute approximate surface area is 148 Å². The number of benzene rings is 1. The van der Waals surface area contributed by atoms with Crippen LogP contribution < -0.4 is 5.32 Å². The Morgan fingerprint density at radius 3 is 2.48 bits per heavy atom. The fourth-order valence-electron chi connectivity index (χ4n) is 3.65. The lowest BCUT2D eigenvalue weighted by Gasteiger charge is -2.44. The highest BCUT2D eigenvalue weighted by Crippen LogP contribution is 2.27. The zero-order valence-corrected chi connectivity index (χ0v) is 15.0. The molecule has 3 amide bonds. The molecule has 2 fully saturated rings. The summed E-state index contributed by atoms with van der Waals surface area (Å²) in [4.78, 5) is 40.2. The normalized spacial score (nSPS) is 20.8. The van der Waals surface area contributed by atoms with Gasteiger partial charge in [-0.3, -0.25) is 14.4 Å². The maximum Gasteiger partial charge on any atom is 0.254 e. The van der Waals surface area contributed by atoms with Crippen molar-refractivity contribution >= 4 is 17.7 Å². The molecule has 1 unspecified atom stereocenters. The van der Waals surface area contributed by atoms with E-state index in [0.717, 1.165) is 11.1 Å². The van der Waals surface area contributed by atoms with E-state index in [4.69, 9.17) is 0 Å². The Kier molecular flexibility index (Phi) is 4.79. The molecule has 3 rings (SSSR count). The quantitative estimate of drug-likeness (QED) is 0.894. The van der Waals surface area contributed by atoms with Gasteiger partial charge in [-0.2, -0.15) is 0 Å². The van der Waals surface area contributed by atoms with Gasteiger partial charge in [0.2, 0.25) is 11.8 Å². The fourth-order valence-corrected chi connectivity index (χ4v) is 3.65. The molecule has 25 heavy (non-hydrogen) atoms. The standard InChI is InChI=1S/C19H25N3O3/c1-12(2)15-6-4-5-7-16(15)19(25)21-10-14(11-21)22-9-13(8-17(22)23)18(24)20-3/h4-7,12-14H,8-11H2,1-3H3,(H,20,24). The minimum absolute atomic E-state index is 0.00767. The molecule has 0 saturated carbocycles. The van der Waals surface area contributed by atoms with Crippen molar-refractivity contribution in [2.75, 3.05) is 26.7 Å². The van der Waals surface area contributed by atoms with E-state index in [9.17, 15) is 14.4 Å². The van der Waals surface area contributed by atoms with Gasteiger partial charge in [0.15, 0.2) is 0 Å². The second kappa shape index (κ2) is 6.86. The average Bonchev–Trinajstić information content (AvgIpc) is 2.94. The topological polar surface area (TPSA) is 69.7 Å². The minimum Gasteiger partial charge on any atom is -0.359 e. The fraction of sp³-hybridized carbons (Fsp3) is 0.526. The first-order valence-corrected chi connectivity index (χ1v) is 8.81. The number of nitrogens with one attached hydrogen (secondary N) is 1. The van der Waals surface area contributed by atoms with E-state index in [1.54, 1.807) is 16.8 Å². The SMILES string of the molecule is CNC(=O)C1CC(=O)N(C2CN(C(=O)c3ccccc3C(C)C)C2)C1. The minimum atomic E-state index is -0.274. The lowest BCUT2D eigenvalue weighted by atomic mass is 9.95. The molecule has 1 aromatic carbocycles. The summed E-state index contributed by atoms with van der Waals surface area (Å²) in [5, 5.41) is 2.61. The third-order valence-electron chi connectivity index (χ3n) is 5.18. The van der Waals surface area contributed by atoms with E-state index in [0.29, 0.717) is 19.6 Å². The van der Waals surface area contributed by atoms with Crippen LogP contribution in [0.3, 0.4) is 0 Å². The first kappa shape index (κ1) is 17.5. The number of nitrogens with zero attached hydrogens (tertiary/aromatic N) is 2. The molecule has 1 aromatic rings. The van der Waals surface area contributed by atoms with Crippen molar-refractivity contribution < 1.29 is 14.4 Å². The Morgan fingerprint density at radius 1 is 1.16 bits per heavy atom. The first-order valence-electron chi connectivity index (χ1n) is 8.81. The van der Waals surface area contributed by atoms with Crippen LogP contribution in [0.25, 0.3) is 0 Å². The van der Waals surface area contributed by atoms with Crippen LogP contribution in [0.4, 0.5) is 0 Å². The highest BCUT2D eigenvalue weighted by atomic mass is 16.2. The Balaban J connectivity index is 1.62. The molecule has 0 radical (unpaired) electrons. The largest absolute Gasteiger partial charge is 0.359 e. The van der Waals surface area contributed by atoms with E-state index >= 15 is 0 Å². The zero-order valence-electron chi connectivity index (χ0n) is 15.0. The predicted molar refractivity (Wildman–Crippen MR) is 94.1 cm³/mol. The summed E-state index contributed by atoms with van der Waals surface area (Å²) >= 11 is 0. The van der Waals surface area contributed by atoms with Gasteiger partial charge in [0.05, 0.1) is 12.0 Å². The Morgan fingerprint density at radius 2 is 1.84 bits per heavy atom. The van der Waals surface area contributed by atoms with Crippen LogP contribution in [0.1, 0.15) is 42.1 Å². The molecule has 2 aliphatic heterocycles. The number of hydrogen-bond donors (Lipinski definition) is 1. The molecule has 134 valence electrons. The van der Waals surface area contributed by atoms with Gasteiger partial charge < -0.3 is 15.1 Å². The molecule has 1 N–H and O–H groups in total. The lowest BCUT2D eigenvalue weighted by Crippen LogP contribution is -2.61. The second-order valence-electron chi connectivity index (χ2n) is 7.17. The number of hydrogen-bond acceptors (Lipinski definition) is 3. The van der Waals surface area contributed by atoms with E-state index < -0.39 is 0 Å². The molecule has 1 atom stereocenters. The van der Waals surface area contributed by atoms with Crippen molar-refractivity contribution in [2.45, 2.75) is 32.2 Å². The molecular formula is C19H25N3O3. The van der Waals surface area contributed by atoms with Crippen molar-refractivity contribution in [3.8, 4) is 0 Å². The molecule has 6 nitrogen and oxygen atoms in total. The van der Waals surface area contributed by atoms with Gasteiger partial charge in [-0.1, -0.05) is 32.0 Å². The number of likely N-dealkylation sites (tertiary alicyclic amines) is 2. The number of carbonyl (C=O) groups is 3. The number of rotatable bonds is 4. The Hall–Kier alpha value is -2.37. The van der Waals surface area contributed by atoms with Crippen LogP contribution in [0.15, 0.2) is 24.3 Å². The van der Waals surface area contributed by atoms with E-state index in [1.807, 2.05) is 24.3 Å². The highest BCUT2D eigenvalue weighted by Gasteiger charge is 2.43. The third kappa shape index (κ3) is 3.25. The van der Waals surface area contributed by atoms with Crippen LogP contribution in [0.2, 0.25) is 0 Å². The second-order valence-corrected chi connectivity index (χ2v) is 7.17. The summed E-state index contributed by atoms with van der Waals surface area (Å²) in [6.45, 7) is 5.68. The van der Waals surface area contributed by atoms with Crippen LogP contribution >= 0.6 is 0 Å². The van der Waals surface area contributed by atoms with Gasteiger partial charge in [0.1, 0.15) is 0 Å². The highest BCUT2D eigenvalue weighted by molar-refractivity contribution is 5.96. The summed E-state index contributed by atoms with van der Waals surface area (Å²) in [5.41, 5.74) is 1.79. The average molecular weight is 343 g/mol. The molecule has 2 saturated heterocycles. The van der Waals surface area contributed by atoms with Crippen LogP contribution in [-0.4, -0.2) is 60.2 Å². The summed E-state index contributed by atoms with van der Waals surface area (Å²) < 4.78 is 0. The Bertz CT molecular complexity index is 695. The predicted octanol–water partition coefficient (Wildman–Crippen LogP) is 1.23. The summed E-state index contributed by atoms with van der Waals surface area (Å²) in [7, 11) is 1.59. The maximum absolute atomic E-state index is 12.8. The van der Waals surface area contributed by atoms with Gasteiger partial charge in [0.25, 0.3) is 5.91 Å². The summed E-state index contributed by atoms with van der Waals surface area (Å²) in [6.07, 6.45) is 0.264. The molecule has 2 aliphatic rings. The number of amides is 3. The van der Waals surface area contributed by atoms with Crippen molar-refractivity contribution in [3.05, 3.63) is 35.4 Å². The van der Waals surface area contributed by atoms with E-state index in [2.05, 4.69) is 19.2 Å². The van der Waals surface area contributed by atoms with Crippen molar-refractivity contribution in [3.63, 3.8) is 0 Å². The molecular weight excluding hydrogens is 318 g/mol. The van der Waals surface area contributed by atoms with E-state index in [1.165, 1.54) is 0 Å². The smallest absolute Gasteiger partial charge is 0.254 e. The van der Waals surface area contributed by atoms with Gasteiger partial charge >= 0.3 is 0 Å². The first-order chi connectivity index (χ1) is 11.9. The van der Waals surface area contributed by atoms with Crippen molar-refractivity contribution in [1.82, 2.24) is 15.1 Å². The third-order valence-corrected chi connectivity index (χ3v) is 5.18. The molecule has 0 aliphatic carbocycles. The molecule has 0 bridgehead atoms. The van der Waals surface area contributed by atoms with Crippen LogP contribution in [0, 0.1) is 5.92 Å². The van der Waals surface area contributed by atoms with Crippen molar-refractivity contribution in [1.29, 1.82) is 0 Å². The molecule has 0 spiro atoms. The summed E-state index contributed by atoms with van der Waals surface area (Å²) in [5.74, 6) is -0.0492. The van der Waals surface area contributed by atoms with Crippen LogP contribution in [0.5, 0.6) is 0 Å². The van der Waals surface area contributed by atoms with Gasteiger partial charge in [0, 0.05) is 38.7 Å². The van der Waals surface area contributed by atoms with Crippen molar-refractivity contribution in [2.24, 2.45) is 5.92 Å². The molecule has 6 heteroatoms. The lowest BCUT2D eigenvalue weighted by molar-refractivity contribution is -0.132. The van der Waals surface area contributed by atoms with Gasteiger partial charge in [-0.05, 0) is 17.5 Å². The summed E-state index contributed by atoms with van der Waals surface area (Å²) in [6, 6.07) is 7.72. The monoisotopic (exact) mass is 343 g/mol. The van der Waals surface area contributed by atoms with Gasteiger partial charge in [-0.25, -0.2) is 0 Å². The number of carbonyl (C=O) groups excluding carboxylic acids is 3. The molecule has 2 heterocycles. The van der Waals surface area contributed by atoms with E-state index in [-0.39, 0.29) is 42.0 Å².